The summed E-state index contributed by atoms with van der Waals surface area (Å²) in [7, 11) is 0. The van der Waals surface area contributed by atoms with E-state index in [2.05, 4.69) is 0 Å². The molecule has 0 amide bonds. The molecule has 0 heterocycles. The Morgan fingerprint density at radius 3 is 1.20 bits per heavy atom. The van der Waals surface area contributed by atoms with Crippen LogP contribution in [0.1, 0.15) is 40.5 Å². The average molecular weight is 451 g/mol. The molecule has 166 valence electrons. The van der Waals surface area contributed by atoms with Crippen LogP contribution in [0, 0.1) is 0 Å². The minimum absolute atomic E-state index is 0.0347. The SMILES string of the molecule is CC(C)(Sc1ccccc1)[C@@H](O)C[C@@H](O)[C@H](O)C[C@H](O)C(C)(C)Sc1ccccc1. The molecule has 0 fully saturated rings. The summed E-state index contributed by atoms with van der Waals surface area (Å²) < 4.78 is -1.08. The first-order valence-corrected chi connectivity index (χ1v) is 11.8. The summed E-state index contributed by atoms with van der Waals surface area (Å²) in [5, 5.41) is 42.3. The van der Waals surface area contributed by atoms with E-state index in [0.29, 0.717) is 0 Å². The van der Waals surface area contributed by atoms with Gasteiger partial charge in [0, 0.05) is 32.1 Å². The molecule has 0 unspecified atom stereocenters. The van der Waals surface area contributed by atoms with Crippen LogP contribution in [0.15, 0.2) is 70.5 Å². The van der Waals surface area contributed by atoms with Crippen molar-refractivity contribution in [3.8, 4) is 0 Å². The second-order valence-electron chi connectivity index (χ2n) is 8.67. The van der Waals surface area contributed by atoms with E-state index in [1.165, 1.54) is 23.5 Å². The van der Waals surface area contributed by atoms with Crippen molar-refractivity contribution in [3.05, 3.63) is 60.7 Å². The number of benzene rings is 2. The second-order valence-corrected chi connectivity index (χ2v) is 12.1. The van der Waals surface area contributed by atoms with Crippen molar-refractivity contribution in [3.63, 3.8) is 0 Å². The molecule has 6 heteroatoms. The summed E-state index contributed by atoms with van der Waals surface area (Å²) in [5.41, 5.74) is 0. The van der Waals surface area contributed by atoms with Crippen molar-refractivity contribution < 1.29 is 20.4 Å². The third-order valence-electron chi connectivity index (χ3n) is 5.23. The number of hydrogen-bond donors (Lipinski definition) is 4. The molecular formula is C24H34O4S2. The molecule has 0 aliphatic rings. The van der Waals surface area contributed by atoms with Gasteiger partial charge < -0.3 is 20.4 Å². The van der Waals surface area contributed by atoms with Gasteiger partial charge in [0.2, 0.25) is 0 Å². The van der Waals surface area contributed by atoms with Crippen molar-refractivity contribution in [2.45, 2.75) is 84.2 Å². The predicted molar refractivity (Wildman–Crippen MR) is 126 cm³/mol. The first-order valence-electron chi connectivity index (χ1n) is 10.2. The van der Waals surface area contributed by atoms with Crippen molar-refractivity contribution in [2.75, 3.05) is 0 Å². The zero-order valence-electron chi connectivity index (χ0n) is 18.1. The highest BCUT2D eigenvalue weighted by Crippen LogP contribution is 2.38. The zero-order valence-corrected chi connectivity index (χ0v) is 19.7. The average Bonchev–Trinajstić information content (AvgIpc) is 2.68. The fourth-order valence-corrected chi connectivity index (χ4v) is 5.33. The Hall–Kier alpha value is -1.02. The molecule has 30 heavy (non-hydrogen) atoms. The summed E-state index contributed by atoms with van der Waals surface area (Å²) in [5.74, 6) is 0. The number of thioether (sulfide) groups is 2. The Kier molecular flexibility index (Phi) is 9.28. The Morgan fingerprint density at radius 1 is 0.600 bits per heavy atom. The highest BCUT2D eigenvalue weighted by atomic mass is 32.2. The van der Waals surface area contributed by atoms with Gasteiger partial charge in [-0.2, -0.15) is 0 Å². The van der Waals surface area contributed by atoms with Gasteiger partial charge in [-0.05, 0) is 52.0 Å². The molecule has 4 nitrogen and oxygen atoms in total. The summed E-state index contributed by atoms with van der Waals surface area (Å²) in [6.45, 7) is 7.68. The van der Waals surface area contributed by atoms with Gasteiger partial charge in [0.15, 0.2) is 0 Å². The summed E-state index contributed by atoms with van der Waals surface area (Å²) in [6.07, 6.45) is -3.82. The van der Waals surface area contributed by atoms with Gasteiger partial charge in [0.1, 0.15) is 0 Å². The van der Waals surface area contributed by atoms with Gasteiger partial charge in [-0.1, -0.05) is 36.4 Å². The summed E-state index contributed by atoms with van der Waals surface area (Å²) >= 11 is 3.06. The minimum atomic E-state index is -1.12. The van der Waals surface area contributed by atoms with Crippen molar-refractivity contribution in [1.29, 1.82) is 0 Å². The van der Waals surface area contributed by atoms with Crippen molar-refractivity contribution in [2.24, 2.45) is 0 Å². The fourth-order valence-electron chi connectivity index (χ4n) is 3.06. The molecule has 0 radical (unpaired) electrons. The van der Waals surface area contributed by atoms with E-state index < -0.39 is 33.9 Å². The molecule has 4 N–H and O–H groups in total. The Morgan fingerprint density at radius 2 is 0.900 bits per heavy atom. The molecular weight excluding hydrogens is 416 g/mol. The lowest BCUT2D eigenvalue weighted by atomic mass is 9.93. The molecule has 0 saturated heterocycles. The highest BCUT2D eigenvalue weighted by molar-refractivity contribution is 8.01. The van der Waals surface area contributed by atoms with E-state index in [1.54, 1.807) is 0 Å². The molecule has 4 atom stereocenters. The normalized spacial score (nSPS) is 16.7. The van der Waals surface area contributed by atoms with Crippen LogP contribution in [-0.2, 0) is 0 Å². The quantitative estimate of drug-likeness (QED) is 0.381. The highest BCUT2D eigenvalue weighted by Gasteiger charge is 2.36. The molecule has 2 rings (SSSR count). The topological polar surface area (TPSA) is 80.9 Å². The Balaban J connectivity index is 1.90. The van der Waals surface area contributed by atoms with E-state index in [9.17, 15) is 20.4 Å². The number of rotatable bonds is 11. The Labute approximate surface area is 188 Å². The van der Waals surface area contributed by atoms with Crippen LogP contribution in [0.4, 0.5) is 0 Å². The third-order valence-corrected chi connectivity index (χ3v) is 7.84. The van der Waals surface area contributed by atoms with Crippen LogP contribution in [-0.4, -0.2) is 54.3 Å². The lowest BCUT2D eigenvalue weighted by Crippen LogP contribution is -2.42. The molecule has 0 aliphatic heterocycles. The van der Waals surface area contributed by atoms with Gasteiger partial charge in [0.25, 0.3) is 0 Å². The van der Waals surface area contributed by atoms with Crippen molar-refractivity contribution in [1.82, 2.24) is 0 Å². The zero-order chi connectivity index (χ0) is 22.4. The van der Waals surface area contributed by atoms with Crippen LogP contribution < -0.4 is 0 Å². The van der Waals surface area contributed by atoms with Crippen LogP contribution in [0.2, 0.25) is 0 Å². The maximum atomic E-state index is 10.7. The van der Waals surface area contributed by atoms with Crippen LogP contribution in [0.5, 0.6) is 0 Å². The molecule has 0 bridgehead atoms. The maximum Gasteiger partial charge on any atom is 0.0825 e. The summed E-state index contributed by atoms with van der Waals surface area (Å²) in [4.78, 5) is 2.07. The number of aliphatic hydroxyl groups excluding tert-OH is 4. The van der Waals surface area contributed by atoms with Gasteiger partial charge in [-0.3, -0.25) is 0 Å². The second kappa shape index (κ2) is 11.0. The van der Waals surface area contributed by atoms with E-state index in [0.717, 1.165) is 9.79 Å². The van der Waals surface area contributed by atoms with E-state index in [1.807, 2.05) is 88.4 Å². The first kappa shape index (κ1) is 25.2. The third kappa shape index (κ3) is 7.59. The smallest absolute Gasteiger partial charge is 0.0825 e. The molecule has 0 aliphatic carbocycles. The first-order chi connectivity index (χ1) is 14.0. The van der Waals surface area contributed by atoms with E-state index in [4.69, 9.17) is 0 Å². The predicted octanol–water partition coefficient (Wildman–Crippen LogP) is 4.35. The van der Waals surface area contributed by atoms with Crippen LogP contribution in [0.25, 0.3) is 0 Å². The van der Waals surface area contributed by atoms with Crippen molar-refractivity contribution >= 4 is 23.5 Å². The lowest BCUT2D eigenvalue weighted by Gasteiger charge is -2.34. The van der Waals surface area contributed by atoms with E-state index >= 15 is 0 Å². The molecule has 0 aromatic heterocycles. The monoisotopic (exact) mass is 450 g/mol. The van der Waals surface area contributed by atoms with Gasteiger partial charge in [-0.25, -0.2) is 0 Å². The van der Waals surface area contributed by atoms with Crippen LogP contribution >= 0.6 is 23.5 Å². The molecule has 0 spiro atoms. The maximum absolute atomic E-state index is 10.7. The number of aliphatic hydroxyl groups is 4. The molecule has 2 aromatic rings. The summed E-state index contributed by atoms with van der Waals surface area (Å²) in [6, 6.07) is 19.6. The fraction of sp³-hybridized carbons (Fsp3) is 0.500. The largest absolute Gasteiger partial charge is 0.392 e. The molecule has 0 saturated carbocycles. The standard InChI is InChI=1S/C24H34O4S2/c1-23(2,29-17-11-7-5-8-12-17)21(27)15-19(25)20(26)16-22(28)24(3,4)30-18-13-9-6-10-14-18/h5-14,19-22,25-28H,15-16H2,1-4H3/t19-,20-,21+,22+/m1/s1. The van der Waals surface area contributed by atoms with E-state index in [-0.39, 0.29) is 12.8 Å². The Bertz CT molecular complexity index is 687. The molecule has 2 aromatic carbocycles. The van der Waals surface area contributed by atoms with Gasteiger partial charge in [0.05, 0.1) is 24.4 Å². The number of hydrogen-bond acceptors (Lipinski definition) is 6. The van der Waals surface area contributed by atoms with Gasteiger partial charge in [-0.15, -0.1) is 23.5 Å². The van der Waals surface area contributed by atoms with Crippen LogP contribution in [0.3, 0.4) is 0 Å². The minimum Gasteiger partial charge on any atom is -0.392 e. The van der Waals surface area contributed by atoms with Gasteiger partial charge >= 0.3 is 0 Å². The lowest BCUT2D eigenvalue weighted by molar-refractivity contribution is -0.0414.